The monoisotopic (exact) mass is 243 g/mol. The van der Waals surface area contributed by atoms with Crippen LogP contribution in [0.15, 0.2) is 5.38 Å². The minimum atomic E-state index is 0.311. The first-order valence-corrected chi connectivity index (χ1v) is 6.47. The fourth-order valence-electron chi connectivity index (χ4n) is 1.36. The molecule has 1 N–H and O–H groups in total. The molecule has 0 saturated carbocycles. The van der Waals surface area contributed by atoms with Crippen molar-refractivity contribution in [2.75, 3.05) is 38.8 Å². The Balaban J connectivity index is 2.66. The van der Waals surface area contributed by atoms with Gasteiger partial charge >= 0.3 is 0 Å². The topological polar surface area (TPSA) is 37.4 Å². The van der Waals surface area contributed by atoms with E-state index in [2.05, 4.69) is 34.4 Å². The maximum atomic E-state index is 5.09. The van der Waals surface area contributed by atoms with E-state index in [0.29, 0.717) is 6.04 Å². The van der Waals surface area contributed by atoms with Gasteiger partial charge in [0.05, 0.1) is 12.3 Å². The van der Waals surface area contributed by atoms with Gasteiger partial charge < -0.3 is 15.0 Å². The smallest absolute Gasteiger partial charge is 0.185 e. The molecule has 0 spiro atoms. The lowest BCUT2D eigenvalue weighted by atomic mass is 10.3. The highest BCUT2D eigenvalue weighted by Gasteiger charge is 2.12. The molecule has 0 saturated heterocycles. The summed E-state index contributed by atoms with van der Waals surface area (Å²) in [6.45, 7) is 6.85. The Bertz CT molecular complexity index is 303. The molecule has 1 aromatic heterocycles. The number of anilines is 1. The molecule has 92 valence electrons. The second-order valence-electron chi connectivity index (χ2n) is 3.64. The molecule has 0 aromatic carbocycles. The second-order valence-corrected chi connectivity index (χ2v) is 4.47. The van der Waals surface area contributed by atoms with Crippen LogP contribution in [0.3, 0.4) is 0 Å². The zero-order chi connectivity index (χ0) is 12.0. The van der Waals surface area contributed by atoms with Gasteiger partial charge in [-0.1, -0.05) is 0 Å². The molecule has 16 heavy (non-hydrogen) atoms. The van der Waals surface area contributed by atoms with Crippen molar-refractivity contribution < 1.29 is 4.74 Å². The molecule has 0 aliphatic heterocycles. The third-order valence-corrected chi connectivity index (χ3v) is 3.52. The van der Waals surface area contributed by atoms with Crippen LogP contribution >= 0.6 is 11.3 Å². The largest absolute Gasteiger partial charge is 0.383 e. The van der Waals surface area contributed by atoms with E-state index in [1.807, 2.05) is 7.05 Å². The minimum absolute atomic E-state index is 0.311. The Morgan fingerprint density at radius 3 is 2.94 bits per heavy atom. The highest BCUT2D eigenvalue weighted by molar-refractivity contribution is 7.13. The molecule has 0 bridgehead atoms. The van der Waals surface area contributed by atoms with Gasteiger partial charge in [0.1, 0.15) is 0 Å². The molecule has 1 atom stereocenters. The van der Waals surface area contributed by atoms with E-state index in [1.165, 1.54) is 0 Å². The van der Waals surface area contributed by atoms with E-state index >= 15 is 0 Å². The number of hydrogen-bond acceptors (Lipinski definition) is 5. The molecule has 1 heterocycles. The van der Waals surface area contributed by atoms with Crippen molar-refractivity contribution in [3.63, 3.8) is 0 Å². The van der Waals surface area contributed by atoms with Crippen LogP contribution in [0.5, 0.6) is 0 Å². The summed E-state index contributed by atoms with van der Waals surface area (Å²) in [7, 11) is 3.68. The molecule has 1 rings (SSSR count). The summed E-state index contributed by atoms with van der Waals surface area (Å²) in [5.41, 5.74) is 1.11. The Kier molecular flexibility index (Phi) is 5.73. The van der Waals surface area contributed by atoms with Gasteiger partial charge in [0.25, 0.3) is 0 Å². The molecule has 0 radical (unpaired) electrons. The van der Waals surface area contributed by atoms with Gasteiger partial charge in [-0.25, -0.2) is 4.98 Å². The van der Waals surface area contributed by atoms with Crippen LogP contribution < -0.4 is 10.2 Å². The van der Waals surface area contributed by atoms with E-state index in [-0.39, 0.29) is 0 Å². The van der Waals surface area contributed by atoms with Gasteiger partial charge in [0.15, 0.2) is 5.13 Å². The first kappa shape index (κ1) is 13.4. The van der Waals surface area contributed by atoms with Crippen LogP contribution in [0.4, 0.5) is 5.13 Å². The zero-order valence-electron chi connectivity index (χ0n) is 10.5. The number of ether oxygens (including phenoxy) is 1. The summed E-state index contributed by atoms with van der Waals surface area (Å²) < 4.78 is 5.09. The zero-order valence-corrected chi connectivity index (χ0v) is 11.3. The first-order valence-electron chi connectivity index (χ1n) is 5.59. The number of thiazole rings is 1. The fraction of sp³-hybridized carbons (Fsp3) is 0.727. The summed E-state index contributed by atoms with van der Waals surface area (Å²) in [4.78, 5) is 6.87. The average Bonchev–Trinajstić information content (AvgIpc) is 2.78. The number of aromatic nitrogens is 1. The molecule has 1 unspecified atom stereocenters. The van der Waals surface area contributed by atoms with Crippen molar-refractivity contribution in [1.82, 2.24) is 10.3 Å². The number of methoxy groups -OCH3 is 1. The van der Waals surface area contributed by atoms with Crippen molar-refractivity contribution in [2.45, 2.75) is 19.9 Å². The molecule has 1 aromatic rings. The molecular formula is C11H21N3OS. The third-order valence-electron chi connectivity index (χ3n) is 2.60. The quantitative estimate of drug-likeness (QED) is 0.793. The number of rotatable bonds is 7. The number of nitrogens with zero attached hydrogens (tertiary/aromatic N) is 2. The number of likely N-dealkylation sites (N-methyl/N-ethyl adjacent to an activating group) is 1. The van der Waals surface area contributed by atoms with Crippen molar-refractivity contribution in [1.29, 1.82) is 0 Å². The van der Waals surface area contributed by atoms with Crippen molar-refractivity contribution in [3.8, 4) is 0 Å². The van der Waals surface area contributed by atoms with Crippen LogP contribution in [-0.4, -0.2) is 38.8 Å². The Labute approximate surface area is 102 Å². The predicted octanol–water partition coefficient (Wildman–Crippen LogP) is 1.90. The van der Waals surface area contributed by atoms with E-state index in [4.69, 9.17) is 4.74 Å². The Morgan fingerprint density at radius 1 is 1.62 bits per heavy atom. The molecule has 5 heteroatoms. The average molecular weight is 243 g/mol. The molecular weight excluding hydrogens is 222 g/mol. The van der Waals surface area contributed by atoms with E-state index in [0.717, 1.165) is 30.5 Å². The summed E-state index contributed by atoms with van der Waals surface area (Å²) >= 11 is 1.70. The molecule has 0 aliphatic rings. The van der Waals surface area contributed by atoms with Crippen molar-refractivity contribution >= 4 is 16.5 Å². The van der Waals surface area contributed by atoms with E-state index < -0.39 is 0 Å². The Morgan fingerprint density at radius 2 is 2.38 bits per heavy atom. The highest BCUT2D eigenvalue weighted by atomic mass is 32.1. The van der Waals surface area contributed by atoms with Crippen LogP contribution in [0.25, 0.3) is 0 Å². The predicted molar refractivity (Wildman–Crippen MR) is 69.4 cm³/mol. The molecule has 0 fully saturated rings. The van der Waals surface area contributed by atoms with Gasteiger partial charge in [0.2, 0.25) is 0 Å². The summed E-state index contributed by atoms with van der Waals surface area (Å²) in [6, 6.07) is 0.311. The minimum Gasteiger partial charge on any atom is -0.383 e. The fourth-order valence-corrected chi connectivity index (χ4v) is 2.37. The lowest BCUT2D eigenvalue weighted by Crippen LogP contribution is -2.26. The normalized spacial score (nSPS) is 12.8. The second kappa shape index (κ2) is 6.83. The van der Waals surface area contributed by atoms with Crippen LogP contribution in [0.1, 0.15) is 25.6 Å². The van der Waals surface area contributed by atoms with Gasteiger partial charge in [-0.15, -0.1) is 11.3 Å². The maximum absolute atomic E-state index is 5.09. The Hall–Kier alpha value is -0.650. The lowest BCUT2D eigenvalue weighted by Gasteiger charge is -2.19. The molecule has 0 aliphatic carbocycles. The highest BCUT2D eigenvalue weighted by Crippen LogP contribution is 2.23. The summed E-state index contributed by atoms with van der Waals surface area (Å²) in [6.07, 6.45) is 0. The van der Waals surface area contributed by atoms with Gasteiger partial charge in [0, 0.05) is 31.6 Å². The lowest BCUT2D eigenvalue weighted by molar-refractivity contribution is 0.205. The summed E-state index contributed by atoms with van der Waals surface area (Å²) in [5.74, 6) is 0. The van der Waals surface area contributed by atoms with E-state index in [1.54, 1.807) is 18.4 Å². The number of nitrogens with one attached hydrogen (secondary N) is 1. The van der Waals surface area contributed by atoms with Gasteiger partial charge in [-0.05, 0) is 20.9 Å². The van der Waals surface area contributed by atoms with E-state index in [9.17, 15) is 0 Å². The SMILES string of the molecule is CCN(CCOC)c1nc(C(C)NC)cs1. The summed E-state index contributed by atoms with van der Waals surface area (Å²) in [5, 5.41) is 6.39. The van der Waals surface area contributed by atoms with Crippen LogP contribution in [0, 0.1) is 0 Å². The van der Waals surface area contributed by atoms with Crippen LogP contribution in [-0.2, 0) is 4.74 Å². The first-order chi connectivity index (χ1) is 7.72. The molecule has 4 nitrogen and oxygen atoms in total. The van der Waals surface area contributed by atoms with Gasteiger partial charge in [-0.3, -0.25) is 0 Å². The number of hydrogen-bond donors (Lipinski definition) is 1. The van der Waals surface area contributed by atoms with Gasteiger partial charge in [-0.2, -0.15) is 0 Å². The standard InChI is InChI=1S/C11H21N3OS/c1-5-14(6-7-15-4)11-13-10(8-16-11)9(2)12-3/h8-9,12H,5-7H2,1-4H3. The van der Waals surface area contributed by atoms with Crippen LogP contribution in [0.2, 0.25) is 0 Å². The maximum Gasteiger partial charge on any atom is 0.185 e. The molecule has 0 amide bonds. The van der Waals surface area contributed by atoms with Crippen molar-refractivity contribution in [2.24, 2.45) is 0 Å². The van der Waals surface area contributed by atoms with Crippen molar-refractivity contribution in [3.05, 3.63) is 11.1 Å². The third kappa shape index (κ3) is 3.43.